The maximum atomic E-state index is 13.3. The first-order valence-electron chi connectivity index (χ1n) is 12.3. The molecule has 0 bridgehead atoms. The van der Waals surface area contributed by atoms with E-state index < -0.39 is 5.83 Å². The first kappa shape index (κ1) is 22.7. The van der Waals surface area contributed by atoms with E-state index in [2.05, 4.69) is 6.92 Å². The highest BCUT2D eigenvalue weighted by Crippen LogP contribution is 2.38. The third-order valence-corrected chi connectivity index (χ3v) is 11.4. The Morgan fingerprint density at radius 2 is 1.52 bits per heavy atom. The van der Waals surface area contributed by atoms with Gasteiger partial charge in [-0.15, -0.1) is 0 Å². The molecular formula is C26H40F2Si. The third kappa shape index (κ3) is 7.05. The summed E-state index contributed by atoms with van der Waals surface area (Å²) in [5.74, 6) is 1.77. The van der Waals surface area contributed by atoms with Crippen LogP contribution < -0.4 is 0 Å². The van der Waals surface area contributed by atoms with Crippen molar-refractivity contribution >= 4 is 14.6 Å². The fourth-order valence-corrected chi connectivity index (χ4v) is 9.41. The second kappa shape index (κ2) is 12.0. The second-order valence-corrected chi connectivity index (χ2v) is 13.2. The van der Waals surface area contributed by atoms with Crippen LogP contribution in [0.5, 0.6) is 0 Å². The number of benzene rings is 1. The summed E-state index contributed by atoms with van der Waals surface area (Å²) >= 11 is 0. The van der Waals surface area contributed by atoms with Gasteiger partial charge in [-0.1, -0.05) is 94.3 Å². The zero-order valence-electron chi connectivity index (χ0n) is 18.4. The Balaban J connectivity index is 1.29. The van der Waals surface area contributed by atoms with Gasteiger partial charge in [0.2, 0.25) is 0 Å². The van der Waals surface area contributed by atoms with E-state index in [1.54, 1.807) is 43.1 Å². The van der Waals surface area contributed by atoms with Gasteiger partial charge in [-0.25, -0.2) is 8.78 Å². The maximum absolute atomic E-state index is 13.3. The molecule has 2 fully saturated rings. The molecule has 3 heteroatoms. The Morgan fingerprint density at radius 3 is 2.07 bits per heavy atom. The fraction of sp³-hybridized carbons (Fsp3) is 0.692. The van der Waals surface area contributed by atoms with Crippen molar-refractivity contribution < 1.29 is 8.78 Å². The predicted molar refractivity (Wildman–Crippen MR) is 124 cm³/mol. The van der Waals surface area contributed by atoms with Gasteiger partial charge in [-0.3, -0.25) is 0 Å². The Hall–Kier alpha value is -0.963. The molecule has 2 aliphatic rings. The van der Waals surface area contributed by atoms with Crippen molar-refractivity contribution in [3.05, 3.63) is 41.7 Å². The van der Waals surface area contributed by atoms with Gasteiger partial charge in [-0.05, 0) is 49.0 Å². The molecule has 0 unspecified atom stereocenters. The lowest BCUT2D eigenvalue weighted by molar-refractivity contribution is 0.297. The largest absolute Gasteiger partial charge is 0.212 e. The third-order valence-electron chi connectivity index (χ3n) is 7.74. The summed E-state index contributed by atoms with van der Waals surface area (Å²) in [4.78, 5) is 0. The summed E-state index contributed by atoms with van der Waals surface area (Å²) in [5, 5.41) is 0. The minimum absolute atomic E-state index is 0.0411. The smallest absolute Gasteiger partial charge is 0.158 e. The van der Waals surface area contributed by atoms with Crippen LogP contribution in [-0.2, 0) is 0 Å². The molecule has 1 saturated heterocycles. The van der Waals surface area contributed by atoms with Crippen LogP contribution in [0.25, 0.3) is 5.83 Å². The standard InChI is InChI=1S/C26H40F2Si/c1-2-17-29-18-15-22(16-19-29)6-4-3-5-21-7-9-23(10-8-21)24-11-13-25(14-12-24)26(28)20-27/h11-14,20-23,29H,2-10,15-19H2,1H3/b26-20+. The van der Waals surface area contributed by atoms with E-state index in [1.165, 1.54) is 63.4 Å². The average Bonchev–Trinajstić information content (AvgIpc) is 2.78. The highest BCUT2D eigenvalue weighted by molar-refractivity contribution is 6.58. The van der Waals surface area contributed by atoms with Crippen LogP contribution >= 0.6 is 0 Å². The number of hydrogen-bond donors (Lipinski definition) is 0. The highest BCUT2D eigenvalue weighted by Gasteiger charge is 2.23. The molecule has 1 aliphatic carbocycles. The summed E-state index contributed by atoms with van der Waals surface area (Å²) in [6.07, 6.45) is 15.5. The monoisotopic (exact) mass is 418 g/mol. The van der Waals surface area contributed by atoms with Crippen LogP contribution in [0.3, 0.4) is 0 Å². The molecule has 0 nitrogen and oxygen atoms in total. The van der Waals surface area contributed by atoms with Gasteiger partial charge in [0.25, 0.3) is 0 Å². The molecule has 0 atom stereocenters. The van der Waals surface area contributed by atoms with E-state index >= 15 is 0 Å². The molecule has 162 valence electrons. The molecular weight excluding hydrogens is 378 g/mol. The van der Waals surface area contributed by atoms with Gasteiger partial charge in [0.1, 0.15) is 6.33 Å². The topological polar surface area (TPSA) is 0 Å². The minimum Gasteiger partial charge on any atom is -0.212 e. The Bertz CT molecular complexity index is 608. The summed E-state index contributed by atoms with van der Waals surface area (Å²) in [6.45, 7) is 2.36. The van der Waals surface area contributed by atoms with E-state index in [0.717, 1.165) is 11.8 Å². The average molecular weight is 419 g/mol. The van der Waals surface area contributed by atoms with Gasteiger partial charge < -0.3 is 0 Å². The lowest BCUT2D eigenvalue weighted by Gasteiger charge is -2.29. The molecule has 0 aromatic heterocycles. The number of halogens is 2. The first-order valence-corrected chi connectivity index (χ1v) is 14.7. The minimum atomic E-state index is -0.781. The molecule has 0 amide bonds. The summed E-state index contributed by atoms with van der Waals surface area (Å²) < 4.78 is 25.6. The summed E-state index contributed by atoms with van der Waals surface area (Å²) in [6, 6.07) is 12.2. The highest BCUT2D eigenvalue weighted by atomic mass is 28.3. The molecule has 1 aromatic carbocycles. The van der Waals surface area contributed by atoms with Crippen LogP contribution in [0.4, 0.5) is 8.78 Å². The molecule has 1 saturated carbocycles. The van der Waals surface area contributed by atoms with E-state index in [4.69, 9.17) is 0 Å². The van der Waals surface area contributed by atoms with Crippen molar-refractivity contribution in [2.75, 3.05) is 0 Å². The number of unbranched alkanes of at least 4 members (excludes halogenated alkanes) is 1. The zero-order chi connectivity index (χ0) is 20.5. The maximum Gasteiger partial charge on any atom is 0.158 e. The number of rotatable bonds is 9. The van der Waals surface area contributed by atoms with Crippen molar-refractivity contribution in [2.45, 2.75) is 102 Å². The lowest BCUT2D eigenvalue weighted by Crippen LogP contribution is -2.21. The molecule has 29 heavy (non-hydrogen) atoms. The number of hydrogen-bond acceptors (Lipinski definition) is 0. The molecule has 0 radical (unpaired) electrons. The van der Waals surface area contributed by atoms with Crippen LogP contribution in [-0.4, -0.2) is 8.80 Å². The van der Waals surface area contributed by atoms with Gasteiger partial charge in [-0.2, -0.15) is 0 Å². The van der Waals surface area contributed by atoms with Gasteiger partial charge >= 0.3 is 0 Å². The molecule has 3 rings (SSSR count). The van der Waals surface area contributed by atoms with Crippen molar-refractivity contribution in [3.63, 3.8) is 0 Å². The van der Waals surface area contributed by atoms with Crippen molar-refractivity contribution in [1.29, 1.82) is 0 Å². The second-order valence-electron chi connectivity index (χ2n) is 9.76. The zero-order valence-corrected chi connectivity index (χ0v) is 19.5. The lowest BCUT2D eigenvalue weighted by atomic mass is 9.77. The molecule has 1 heterocycles. The van der Waals surface area contributed by atoms with Gasteiger partial charge in [0.05, 0.1) is 0 Å². The molecule has 1 aromatic rings. The van der Waals surface area contributed by atoms with Crippen molar-refractivity contribution in [1.82, 2.24) is 0 Å². The van der Waals surface area contributed by atoms with Gasteiger partial charge in [0.15, 0.2) is 5.83 Å². The first-order chi connectivity index (χ1) is 14.2. The van der Waals surface area contributed by atoms with E-state index in [9.17, 15) is 8.78 Å². The Kier molecular flexibility index (Phi) is 9.42. The quantitative estimate of drug-likeness (QED) is 0.277. The normalized spacial score (nSPS) is 28.4. The van der Waals surface area contributed by atoms with Crippen molar-refractivity contribution in [3.8, 4) is 0 Å². The van der Waals surface area contributed by atoms with Crippen LogP contribution in [0.2, 0.25) is 18.1 Å². The Morgan fingerprint density at radius 1 is 0.931 bits per heavy atom. The van der Waals surface area contributed by atoms with Crippen molar-refractivity contribution in [2.24, 2.45) is 11.8 Å². The van der Waals surface area contributed by atoms with Gasteiger partial charge in [0, 0.05) is 14.4 Å². The molecule has 0 N–H and O–H groups in total. The van der Waals surface area contributed by atoms with E-state index in [-0.39, 0.29) is 15.1 Å². The SMILES string of the molecule is CCC[SiH]1CCC(CCCCC2CCC(c3ccc(/C(F)=C\F)cc3)CC2)CC1. The predicted octanol–water partition coefficient (Wildman–Crippen LogP) is 8.81. The molecule has 1 aliphatic heterocycles. The Labute approximate surface area is 178 Å². The van der Waals surface area contributed by atoms with E-state index in [1.807, 2.05) is 12.1 Å². The van der Waals surface area contributed by atoms with Crippen LogP contribution in [0.1, 0.15) is 94.6 Å². The van der Waals surface area contributed by atoms with Crippen LogP contribution in [0, 0.1) is 11.8 Å². The summed E-state index contributed by atoms with van der Waals surface area (Å²) in [5.41, 5.74) is 1.63. The molecule has 0 spiro atoms. The summed E-state index contributed by atoms with van der Waals surface area (Å²) in [7, 11) is -0.309. The van der Waals surface area contributed by atoms with Crippen LogP contribution in [0.15, 0.2) is 30.6 Å². The van der Waals surface area contributed by atoms with E-state index in [0.29, 0.717) is 11.5 Å². The fourth-order valence-electron chi connectivity index (χ4n) is 5.85.